The number of halogens is 3. The molecule has 2 N–H and O–H groups in total. The molecule has 6 nitrogen and oxygen atoms in total. The minimum atomic E-state index is -0.231. The highest BCUT2D eigenvalue weighted by Gasteiger charge is 2.34. The zero-order valence-corrected chi connectivity index (χ0v) is 17.8. The number of likely N-dealkylation sites (N-methyl/N-ethyl adjacent to an activating group) is 1. The molecule has 26 heavy (non-hydrogen) atoms. The number of rotatable bonds is 5. The van der Waals surface area contributed by atoms with Crippen LogP contribution in [0.15, 0.2) is 22.8 Å². The minimum absolute atomic E-state index is 0. The first-order valence-electron chi connectivity index (χ1n) is 8.41. The largest absolute Gasteiger partial charge is 0.336 e. The first kappa shape index (κ1) is 23.1. The number of aromatic nitrogens is 1. The number of anilines is 1. The molecule has 2 aliphatic rings. The average Bonchev–Trinajstić information content (AvgIpc) is 2.88. The lowest BCUT2D eigenvalue weighted by molar-refractivity contribution is -0.134. The summed E-state index contributed by atoms with van der Waals surface area (Å²) in [7, 11) is 1.69. The van der Waals surface area contributed by atoms with Gasteiger partial charge in [-0.3, -0.25) is 9.59 Å². The second-order valence-corrected chi connectivity index (χ2v) is 7.75. The number of nitrogens with zero attached hydrogens (tertiary/aromatic N) is 2. The van der Waals surface area contributed by atoms with E-state index in [1.807, 2.05) is 6.07 Å². The van der Waals surface area contributed by atoms with E-state index in [0.717, 1.165) is 17.3 Å². The molecule has 146 valence electrons. The fourth-order valence-electron chi connectivity index (χ4n) is 3.68. The fraction of sp³-hybridized carbons (Fsp3) is 0.588. The Morgan fingerprint density at radius 2 is 1.92 bits per heavy atom. The van der Waals surface area contributed by atoms with Crippen LogP contribution >= 0.6 is 40.7 Å². The van der Waals surface area contributed by atoms with E-state index in [1.54, 1.807) is 19.3 Å². The molecule has 1 aromatic rings. The SMILES string of the molecule is CN(CC(=O)Nc1ccc(Br)cn1)C(=O)CC1CC2CCC(C1)N2.Cl.Cl. The van der Waals surface area contributed by atoms with Gasteiger partial charge >= 0.3 is 0 Å². The van der Waals surface area contributed by atoms with Crippen LogP contribution < -0.4 is 10.6 Å². The predicted molar refractivity (Wildman–Crippen MR) is 110 cm³/mol. The van der Waals surface area contributed by atoms with E-state index in [2.05, 4.69) is 31.5 Å². The molecule has 3 rings (SSSR count). The lowest BCUT2D eigenvalue weighted by atomic mass is 9.89. The van der Waals surface area contributed by atoms with Crippen molar-refractivity contribution < 1.29 is 9.59 Å². The lowest BCUT2D eigenvalue weighted by Gasteiger charge is -2.29. The third-order valence-electron chi connectivity index (χ3n) is 4.84. The van der Waals surface area contributed by atoms with Crippen molar-refractivity contribution in [2.45, 2.75) is 44.2 Å². The third kappa shape index (κ3) is 6.37. The predicted octanol–water partition coefficient (Wildman–Crippen LogP) is 3.01. The van der Waals surface area contributed by atoms with Crippen molar-refractivity contribution in [3.8, 4) is 0 Å². The average molecular weight is 468 g/mol. The molecule has 0 spiro atoms. The molecular formula is C17H25BrCl2N4O2. The summed E-state index contributed by atoms with van der Waals surface area (Å²) < 4.78 is 0.851. The number of pyridine rings is 1. The molecule has 0 radical (unpaired) electrons. The zero-order chi connectivity index (χ0) is 17.1. The summed E-state index contributed by atoms with van der Waals surface area (Å²) in [6.07, 6.45) is 6.77. The number of nitrogens with one attached hydrogen (secondary N) is 2. The smallest absolute Gasteiger partial charge is 0.245 e. The van der Waals surface area contributed by atoms with Crippen LogP contribution in [0.5, 0.6) is 0 Å². The van der Waals surface area contributed by atoms with E-state index in [9.17, 15) is 9.59 Å². The summed E-state index contributed by atoms with van der Waals surface area (Å²) in [4.78, 5) is 30.0. The Morgan fingerprint density at radius 3 is 2.50 bits per heavy atom. The number of amides is 2. The van der Waals surface area contributed by atoms with Crippen LogP contribution in [0.25, 0.3) is 0 Å². The highest BCUT2D eigenvalue weighted by molar-refractivity contribution is 9.10. The molecule has 2 bridgehead atoms. The molecule has 2 amide bonds. The van der Waals surface area contributed by atoms with Gasteiger partial charge in [-0.05, 0) is 59.7 Å². The summed E-state index contributed by atoms with van der Waals surface area (Å²) >= 11 is 3.30. The number of fused-ring (bicyclic) bond motifs is 2. The van der Waals surface area contributed by atoms with E-state index in [0.29, 0.717) is 30.2 Å². The molecule has 3 heterocycles. The van der Waals surface area contributed by atoms with Gasteiger partial charge in [-0.1, -0.05) is 0 Å². The topological polar surface area (TPSA) is 74.3 Å². The fourth-order valence-corrected chi connectivity index (χ4v) is 3.91. The van der Waals surface area contributed by atoms with Crippen molar-refractivity contribution in [2.24, 2.45) is 5.92 Å². The summed E-state index contributed by atoms with van der Waals surface area (Å²) in [5.41, 5.74) is 0. The lowest BCUT2D eigenvalue weighted by Crippen LogP contribution is -2.41. The first-order chi connectivity index (χ1) is 11.5. The number of carbonyl (C=O) groups excluding carboxylic acids is 2. The molecule has 2 fully saturated rings. The zero-order valence-electron chi connectivity index (χ0n) is 14.6. The molecule has 9 heteroatoms. The van der Waals surface area contributed by atoms with E-state index < -0.39 is 0 Å². The Labute approximate surface area is 174 Å². The molecule has 1 aromatic heterocycles. The Kier molecular flexibility index (Phi) is 9.30. The van der Waals surface area contributed by atoms with E-state index in [4.69, 9.17) is 0 Å². The molecule has 0 aromatic carbocycles. The summed E-state index contributed by atoms with van der Waals surface area (Å²) in [5, 5.41) is 6.29. The van der Waals surface area contributed by atoms with Crippen LogP contribution in [0.1, 0.15) is 32.1 Å². The third-order valence-corrected chi connectivity index (χ3v) is 5.30. The van der Waals surface area contributed by atoms with Crippen molar-refractivity contribution in [1.82, 2.24) is 15.2 Å². The standard InChI is InChI=1S/C17H23BrN4O2.2ClH/c1-22(10-16(23)21-15-5-2-12(18)9-19-15)17(24)8-11-6-13-3-4-14(7-11)20-13;;/h2,5,9,11,13-14,20H,3-4,6-8,10H2,1H3,(H,19,21,23);2*1H. The molecule has 2 unspecified atom stereocenters. The van der Waals surface area contributed by atoms with Crippen LogP contribution in [0.4, 0.5) is 5.82 Å². The first-order valence-corrected chi connectivity index (χ1v) is 9.20. The van der Waals surface area contributed by atoms with Crippen LogP contribution in [-0.4, -0.2) is 47.4 Å². The summed E-state index contributed by atoms with van der Waals surface area (Å²) in [5.74, 6) is 0.736. The quantitative estimate of drug-likeness (QED) is 0.697. The molecule has 2 saturated heterocycles. The van der Waals surface area contributed by atoms with E-state index in [1.165, 1.54) is 17.7 Å². The van der Waals surface area contributed by atoms with Gasteiger partial charge in [0.15, 0.2) is 0 Å². The van der Waals surface area contributed by atoms with Gasteiger partial charge in [0.1, 0.15) is 5.82 Å². The van der Waals surface area contributed by atoms with Gasteiger partial charge in [-0.2, -0.15) is 0 Å². The van der Waals surface area contributed by atoms with Gasteiger partial charge in [-0.15, -0.1) is 24.8 Å². The second-order valence-electron chi connectivity index (χ2n) is 6.84. The monoisotopic (exact) mass is 466 g/mol. The number of hydrogen-bond donors (Lipinski definition) is 2. The molecular weight excluding hydrogens is 443 g/mol. The maximum Gasteiger partial charge on any atom is 0.245 e. The van der Waals surface area contributed by atoms with Gasteiger partial charge in [0.25, 0.3) is 0 Å². The van der Waals surface area contributed by atoms with Crippen molar-refractivity contribution >= 4 is 58.4 Å². The minimum Gasteiger partial charge on any atom is -0.336 e. The number of carbonyl (C=O) groups is 2. The van der Waals surface area contributed by atoms with Crippen LogP contribution in [0.2, 0.25) is 0 Å². The van der Waals surface area contributed by atoms with Gasteiger partial charge < -0.3 is 15.5 Å². The normalized spacial score (nSPS) is 23.4. The summed E-state index contributed by atoms with van der Waals surface area (Å²) in [6, 6.07) is 4.69. The second kappa shape index (κ2) is 10.4. The van der Waals surface area contributed by atoms with Gasteiger partial charge in [0.2, 0.25) is 11.8 Å². The van der Waals surface area contributed by atoms with Crippen molar-refractivity contribution in [1.29, 1.82) is 0 Å². The number of hydrogen-bond acceptors (Lipinski definition) is 4. The molecule has 2 atom stereocenters. The van der Waals surface area contributed by atoms with Gasteiger partial charge in [0.05, 0.1) is 6.54 Å². The van der Waals surface area contributed by atoms with Crippen LogP contribution in [0, 0.1) is 5.92 Å². The van der Waals surface area contributed by atoms with Gasteiger partial charge in [-0.25, -0.2) is 4.98 Å². The van der Waals surface area contributed by atoms with Crippen LogP contribution in [-0.2, 0) is 9.59 Å². The number of piperidine rings is 1. The Bertz CT molecular complexity index is 605. The van der Waals surface area contributed by atoms with E-state index >= 15 is 0 Å². The highest BCUT2D eigenvalue weighted by Crippen LogP contribution is 2.32. The molecule has 0 saturated carbocycles. The van der Waals surface area contributed by atoms with Gasteiger partial charge in [0, 0.05) is 36.2 Å². The molecule has 0 aliphatic carbocycles. The Balaban J connectivity index is 0.00000169. The maximum absolute atomic E-state index is 12.4. The highest BCUT2D eigenvalue weighted by atomic mass is 79.9. The Morgan fingerprint density at radius 1 is 1.27 bits per heavy atom. The van der Waals surface area contributed by atoms with Crippen molar-refractivity contribution in [3.05, 3.63) is 22.8 Å². The van der Waals surface area contributed by atoms with Crippen molar-refractivity contribution in [2.75, 3.05) is 18.9 Å². The Hall–Kier alpha value is -0.890. The van der Waals surface area contributed by atoms with Crippen molar-refractivity contribution in [3.63, 3.8) is 0 Å². The maximum atomic E-state index is 12.4. The van der Waals surface area contributed by atoms with Crippen LogP contribution in [0.3, 0.4) is 0 Å². The summed E-state index contributed by atoms with van der Waals surface area (Å²) in [6.45, 7) is 0.0500. The molecule has 2 aliphatic heterocycles. The van der Waals surface area contributed by atoms with E-state index in [-0.39, 0.29) is 43.2 Å².